The Morgan fingerprint density at radius 2 is 1.39 bits per heavy atom. The van der Waals surface area contributed by atoms with E-state index in [0.717, 1.165) is 16.7 Å². The second-order valence-electron chi connectivity index (χ2n) is 5.42. The molecule has 1 unspecified atom stereocenters. The lowest BCUT2D eigenvalue weighted by atomic mass is 9.88. The minimum Gasteiger partial charge on any atom is -0.507 e. The van der Waals surface area contributed by atoms with Gasteiger partial charge < -0.3 is 10.2 Å². The highest BCUT2D eigenvalue weighted by molar-refractivity contribution is 5.76. The van der Waals surface area contributed by atoms with Gasteiger partial charge in [0.15, 0.2) is 0 Å². The zero-order valence-corrected chi connectivity index (χ0v) is 11.7. The molecule has 3 heteroatoms. The third kappa shape index (κ3) is 2.84. The van der Waals surface area contributed by atoms with Crippen LogP contribution < -0.4 is 0 Å². The minimum absolute atomic E-state index is 0.170. The third-order valence-corrected chi connectivity index (χ3v) is 3.31. The van der Waals surface area contributed by atoms with Crippen molar-refractivity contribution in [2.45, 2.75) is 52.4 Å². The van der Waals surface area contributed by atoms with E-state index in [2.05, 4.69) is 0 Å². The van der Waals surface area contributed by atoms with Crippen molar-refractivity contribution < 1.29 is 15.0 Å². The lowest BCUT2D eigenvalue weighted by molar-refractivity contribution is -0.138. The molecule has 0 saturated carbocycles. The van der Waals surface area contributed by atoms with Crippen LogP contribution >= 0.6 is 0 Å². The standard InChI is InChI=1S/C15H22O3/c1-8(2)12-6-11(10(5)15(17)18)7-13(9(3)4)14(12)16/h6-10,16H,1-5H3,(H,17,18). The number of carbonyl (C=O) groups is 1. The van der Waals surface area contributed by atoms with Crippen molar-refractivity contribution in [2.75, 3.05) is 0 Å². The largest absolute Gasteiger partial charge is 0.507 e. The molecule has 0 aromatic heterocycles. The van der Waals surface area contributed by atoms with Crippen molar-refractivity contribution in [2.24, 2.45) is 0 Å². The Morgan fingerprint density at radius 1 is 1.00 bits per heavy atom. The Balaban J connectivity index is 3.42. The van der Waals surface area contributed by atoms with Gasteiger partial charge in [-0.2, -0.15) is 0 Å². The van der Waals surface area contributed by atoms with E-state index in [1.807, 2.05) is 39.8 Å². The predicted octanol–water partition coefficient (Wildman–Crippen LogP) is 3.83. The summed E-state index contributed by atoms with van der Waals surface area (Å²) >= 11 is 0. The average molecular weight is 250 g/mol. The first-order chi connectivity index (χ1) is 8.25. The van der Waals surface area contributed by atoms with Gasteiger partial charge in [-0.05, 0) is 35.4 Å². The van der Waals surface area contributed by atoms with Crippen LogP contribution in [0.5, 0.6) is 5.75 Å². The quantitative estimate of drug-likeness (QED) is 0.853. The van der Waals surface area contributed by atoms with Gasteiger partial charge in [-0.25, -0.2) is 0 Å². The number of phenols is 1. The first-order valence-corrected chi connectivity index (χ1v) is 6.35. The highest BCUT2D eigenvalue weighted by Crippen LogP contribution is 2.36. The Kier molecular flexibility index (Phi) is 4.38. The molecule has 1 aromatic carbocycles. The van der Waals surface area contributed by atoms with Crippen molar-refractivity contribution in [3.63, 3.8) is 0 Å². The summed E-state index contributed by atoms with van der Waals surface area (Å²) in [5.74, 6) is -0.751. The predicted molar refractivity (Wildman–Crippen MR) is 72.3 cm³/mol. The van der Waals surface area contributed by atoms with Crippen LogP contribution in [0.25, 0.3) is 0 Å². The second-order valence-corrected chi connectivity index (χ2v) is 5.42. The van der Waals surface area contributed by atoms with E-state index in [9.17, 15) is 9.90 Å². The van der Waals surface area contributed by atoms with Crippen molar-refractivity contribution >= 4 is 5.97 Å². The molecule has 0 amide bonds. The maximum Gasteiger partial charge on any atom is 0.310 e. The van der Waals surface area contributed by atoms with Crippen LogP contribution in [0, 0.1) is 0 Å². The molecule has 1 rings (SSSR count). The SMILES string of the molecule is CC(C)c1cc(C(C)C(=O)O)cc(C(C)C)c1O. The molecule has 0 spiro atoms. The summed E-state index contributed by atoms with van der Waals surface area (Å²) in [6.07, 6.45) is 0. The Labute approximate surface area is 108 Å². The number of benzene rings is 1. The molecule has 1 atom stereocenters. The summed E-state index contributed by atoms with van der Waals surface area (Å²) in [4.78, 5) is 11.1. The summed E-state index contributed by atoms with van der Waals surface area (Å²) < 4.78 is 0. The van der Waals surface area contributed by atoms with Gasteiger partial charge in [0.05, 0.1) is 5.92 Å². The second kappa shape index (κ2) is 5.42. The zero-order chi connectivity index (χ0) is 14.0. The van der Waals surface area contributed by atoms with Gasteiger partial charge in [0.25, 0.3) is 0 Å². The summed E-state index contributed by atoms with van der Waals surface area (Å²) in [6.45, 7) is 9.65. The van der Waals surface area contributed by atoms with E-state index in [-0.39, 0.29) is 11.8 Å². The smallest absolute Gasteiger partial charge is 0.310 e. The van der Waals surface area contributed by atoms with Gasteiger partial charge in [0, 0.05) is 0 Å². The molecule has 0 fully saturated rings. The van der Waals surface area contributed by atoms with Gasteiger partial charge in [-0.1, -0.05) is 39.8 Å². The van der Waals surface area contributed by atoms with E-state index in [4.69, 9.17) is 5.11 Å². The summed E-state index contributed by atoms with van der Waals surface area (Å²) in [5, 5.41) is 19.3. The number of hydrogen-bond acceptors (Lipinski definition) is 2. The van der Waals surface area contributed by atoms with Crippen LogP contribution in [0.15, 0.2) is 12.1 Å². The maximum absolute atomic E-state index is 11.1. The molecule has 0 radical (unpaired) electrons. The number of aromatic hydroxyl groups is 1. The molecule has 100 valence electrons. The molecule has 0 saturated heterocycles. The van der Waals surface area contributed by atoms with Crippen LogP contribution in [0.1, 0.15) is 69.1 Å². The Bertz CT molecular complexity index is 418. The van der Waals surface area contributed by atoms with Crippen molar-refractivity contribution in [3.8, 4) is 5.75 Å². The van der Waals surface area contributed by atoms with Crippen molar-refractivity contribution in [3.05, 3.63) is 28.8 Å². The number of phenolic OH excluding ortho intramolecular Hbond substituents is 1. The highest BCUT2D eigenvalue weighted by atomic mass is 16.4. The fraction of sp³-hybridized carbons (Fsp3) is 0.533. The molecule has 0 aliphatic carbocycles. The Morgan fingerprint density at radius 3 is 1.67 bits per heavy atom. The van der Waals surface area contributed by atoms with E-state index >= 15 is 0 Å². The summed E-state index contributed by atoms with van der Waals surface area (Å²) in [5.41, 5.74) is 2.40. The van der Waals surface area contributed by atoms with Crippen LogP contribution in [0.2, 0.25) is 0 Å². The fourth-order valence-corrected chi connectivity index (χ4v) is 1.98. The molecule has 0 aliphatic heterocycles. The maximum atomic E-state index is 11.1. The topological polar surface area (TPSA) is 57.5 Å². The van der Waals surface area contributed by atoms with Crippen LogP contribution in [0.3, 0.4) is 0 Å². The monoisotopic (exact) mass is 250 g/mol. The number of rotatable bonds is 4. The van der Waals surface area contributed by atoms with Crippen molar-refractivity contribution in [1.29, 1.82) is 0 Å². The number of carboxylic acids is 1. The van der Waals surface area contributed by atoms with Crippen molar-refractivity contribution in [1.82, 2.24) is 0 Å². The van der Waals surface area contributed by atoms with Gasteiger partial charge in [0.1, 0.15) is 5.75 Å². The molecule has 18 heavy (non-hydrogen) atoms. The molecular weight excluding hydrogens is 228 g/mol. The van der Waals surface area contributed by atoms with Gasteiger partial charge in [-0.15, -0.1) is 0 Å². The zero-order valence-electron chi connectivity index (χ0n) is 11.7. The molecule has 0 aliphatic rings. The summed E-state index contributed by atoms with van der Waals surface area (Å²) in [7, 11) is 0. The molecular formula is C15H22O3. The molecule has 2 N–H and O–H groups in total. The van der Waals surface area contributed by atoms with Crippen LogP contribution in [-0.2, 0) is 4.79 Å². The number of aliphatic carboxylic acids is 1. The van der Waals surface area contributed by atoms with Gasteiger partial charge >= 0.3 is 5.97 Å². The van der Waals surface area contributed by atoms with Crippen LogP contribution in [0.4, 0.5) is 0 Å². The minimum atomic E-state index is -0.842. The lowest BCUT2D eigenvalue weighted by Gasteiger charge is -2.19. The van der Waals surface area contributed by atoms with E-state index < -0.39 is 11.9 Å². The van der Waals surface area contributed by atoms with Crippen LogP contribution in [-0.4, -0.2) is 16.2 Å². The molecule has 3 nitrogen and oxygen atoms in total. The number of hydrogen-bond donors (Lipinski definition) is 2. The molecule has 1 aromatic rings. The van der Waals surface area contributed by atoms with Gasteiger partial charge in [-0.3, -0.25) is 4.79 Å². The molecule has 0 bridgehead atoms. The third-order valence-electron chi connectivity index (χ3n) is 3.31. The highest BCUT2D eigenvalue weighted by Gasteiger charge is 2.20. The lowest BCUT2D eigenvalue weighted by Crippen LogP contribution is -2.09. The first-order valence-electron chi connectivity index (χ1n) is 6.35. The average Bonchev–Trinajstić information content (AvgIpc) is 2.27. The molecule has 0 heterocycles. The van der Waals surface area contributed by atoms with E-state index in [1.54, 1.807) is 6.92 Å². The Hall–Kier alpha value is -1.51. The first kappa shape index (κ1) is 14.6. The fourth-order valence-electron chi connectivity index (χ4n) is 1.98. The normalized spacial score (nSPS) is 13.1. The number of carboxylic acid groups (broad SMARTS) is 1. The summed E-state index contributed by atoms with van der Waals surface area (Å²) in [6, 6.07) is 3.62. The van der Waals surface area contributed by atoms with Gasteiger partial charge in [0.2, 0.25) is 0 Å². The van der Waals surface area contributed by atoms with E-state index in [0.29, 0.717) is 5.75 Å². The van der Waals surface area contributed by atoms with E-state index in [1.165, 1.54) is 0 Å².